The fourth-order valence-electron chi connectivity index (χ4n) is 2.24. The van der Waals surface area contributed by atoms with Crippen molar-refractivity contribution in [3.05, 3.63) is 47.0 Å². The molecule has 0 aliphatic rings. The van der Waals surface area contributed by atoms with Crippen molar-refractivity contribution in [2.24, 2.45) is 0 Å². The number of hydrogen-bond acceptors (Lipinski definition) is 3. The predicted molar refractivity (Wildman–Crippen MR) is 83.9 cm³/mol. The molecule has 2 rings (SSSR count). The molecule has 0 spiro atoms. The summed E-state index contributed by atoms with van der Waals surface area (Å²) >= 11 is 0. The number of hydrogen-bond donors (Lipinski definition) is 2. The molecule has 0 saturated carbocycles. The highest BCUT2D eigenvalue weighted by molar-refractivity contribution is 5.94. The van der Waals surface area contributed by atoms with E-state index in [-0.39, 0.29) is 5.91 Å². The Kier molecular flexibility index (Phi) is 5.27. The van der Waals surface area contributed by atoms with Gasteiger partial charge in [-0.1, -0.05) is 6.92 Å². The summed E-state index contributed by atoms with van der Waals surface area (Å²) in [4.78, 5) is 12.0. The van der Waals surface area contributed by atoms with Gasteiger partial charge in [-0.2, -0.15) is 5.10 Å². The van der Waals surface area contributed by atoms with Crippen LogP contribution in [0.2, 0.25) is 0 Å². The summed E-state index contributed by atoms with van der Waals surface area (Å²) in [5.41, 5.74) is 2.32. The van der Waals surface area contributed by atoms with Crippen molar-refractivity contribution in [3.63, 3.8) is 0 Å². The van der Waals surface area contributed by atoms with Gasteiger partial charge in [0.05, 0.1) is 5.69 Å². The Morgan fingerprint density at radius 3 is 2.64 bits per heavy atom. The second-order valence-electron chi connectivity index (χ2n) is 5.11. The zero-order valence-electron chi connectivity index (χ0n) is 13.1. The maximum absolute atomic E-state index is 14.3. The molecule has 0 bridgehead atoms. The van der Waals surface area contributed by atoms with Gasteiger partial charge >= 0.3 is 0 Å². The number of halogens is 1. The summed E-state index contributed by atoms with van der Waals surface area (Å²) in [5.74, 6) is -0.748. The van der Waals surface area contributed by atoms with E-state index in [4.69, 9.17) is 0 Å². The number of aromatic nitrogens is 2. The normalized spacial score (nSPS) is 10.7. The standard InChI is InChI=1S/C16H21FN4O/c1-4-18-7-8-19-16(22)13-5-6-15(14(17)10-13)21-12(3)9-11(2)20-21/h5-6,9-10,18H,4,7-8H2,1-3H3,(H,19,22). The maximum atomic E-state index is 14.3. The molecule has 0 saturated heterocycles. The number of nitrogens with one attached hydrogen (secondary N) is 2. The second-order valence-corrected chi connectivity index (χ2v) is 5.11. The van der Waals surface area contributed by atoms with E-state index in [0.717, 1.165) is 17.9 Å². The molecule has 5 nitrogen and oxygen atoms in total. The summed E-state index contributed by atoms with van der Waals surface area (Å²) in [5, 5.41) is 10.1. The first-order valence-electron chi connectivity index (χ1n) is 7.35. The second kappa shape index (κ2) is 7.17. The molecule has 0 fully saturated rings. The lowest BCUT2D eigenvalue weighted by molar-refractivity contribution is 0.0953. The fraction of sp³-hybridized carbons (Fsp3) is 0.375. The highest BCUT2D eigenvalue weighted by Crippen LogP contribution is 2.17. The number of carbonyl (C=O) groups is 1. The van der Waals surface area contributed by atoms with E-state index in [9.17, 15) is 9.18 Å². The van der Waals surface area contributed by atoms with E-state index in [1.807, 2.05) is 26.8 Å². The quantitative estimate of drug-likeness (QED) is 0.802. The number of aryl methyl sites for hydroxylation is 2. The van der Waals surface area contributed by atoms with Gasteiger partial charge in [0.1, 0.15) is 11.5 Å². The van der Waals surface area contributed by atoms with Crippen LogP contribution in [0, 0.1) is 19.7 Å². The van der Waals surface area contributed by atoms with Crippen LogP contribution in [-0.2, 0) is 0 Å². The van der Waals surface area contributed by atoms with Crippen LogP contribution in [-0.4, -0.2) is 35.3 Å². The van der Waals surface area contributed by atoms with Gasteiger partial charge in [-0.25, -0.2) is 9.07 Å². The molecule has 6 heteroatoms. The van der Waals surface area contributed by atoms with Crippen molar-refractivity contribution in [2.75, 3.05) is 19.6 Å². The number of carbonyl (C=O) groups excluding carboxylic acids is 1. The zero-order chi connectivity index (χ0) is 16.1. The van der Waals surface area contributed by atoms with Crippen LogP contribution >= 0.6 is 0 Å². The molecule has 0 aliphatic carbocycles. The van der Waals surface area contributed by atoms with Gasteiger partial charge in [0.2, 0.25) is 0 Å². The summed E-state index contributed by atoms with van der Waals surface area (Å²) in [6, 6.07) is 6.31. The lowest BCUT2D eigenvalue weighted by Gasteiger charge is -2.09. The molecule has 0 atom stereocenters. The van der Waals surface area contributed by atoms with Crippen LogP contribution in [0.3, 0.4) is 0 Å². The van der Waals surface area contributed by atoms with E-state index in [1.165, 1.54) is 10.7 Å². The molecule has 1 aromatic carbocycles. The van der Waals surface area contributed by atoms with Gasteiger partial charge in [0.25, 0.3) is 5.91 Å². The number of amides is 1. The Bertz CT molecular complexity index is 666. The van der Waals surface area contributed by atoms with E-state index in [1.54, 1.807) is 12.1 Å². The molecule has 1 aromatic heterocycles. The summed E-state index contributed by atoms with van der Waals surface area (Å²) in [6.07, 6.45) is 0. The molecule has 22 heavy (non-hydrogen) atoms. The van der Waals surface area contributed by atoms with Gasteiger partial charge in [0.15, 0.2) is 0 Å². The van der Waals surface area contributed by atoms with Crippen LogP contribution in [0.25, 0.3) is 5.69 Å². The Hall–Kier alpha value is -2.21. The van der Waals surface area contributed by atoms with Gasteiger partial charge in [-0.05, 0) is 44.7 Å². The predicted octanol–water partition coefficient (Wildman–Crippen LogP) is 1.97. The molecule has 1 heterocycles. The van der Waals surface area contributed by atoms with E-state index in [2.05, 4.69) is 15.7 Å². The van der Waals surface area contributed by atoms with Gasteiger partial charge in [-0.3, -0.25) is 4.79 Å². The number of rotatable bonds is 6. The third-order valence-electron chi connectivity index (χ3n) is 3.28. The van der Waals surface area contributed by atoms with E-state index < -0.39 is 5.82 Å². The lowest BCUT2D eigenvalue weighted by atomic mass is 10.2. The first-order valence-corrected chi connectivity index (χ1v) is 7.35. The van der Waals surface area contributed by atoms with Crippen LogP contribution in [0.5, 0.6) is 0 Å². The zero-order valence-corrected chi connectivity index (χ0v) is 13.1. The molecule has 0 radical (unpaired) electrons. The smallest absolute Gasteiger partial charge is 0.251 e. The highest BCUT2D eigenvalue weighted by Gasteiger charge is 2.12. The third kappa shape index (κ3) is 3.71. The van der Waals surface area contributed by atoms with Crippen molar-refractivity contribution in [1.29, 1.82) is 0 Å². The summed E-state index contributed by atoms with van der Waals surface area (Å²) < 4.78 is 15.8. The van der Waals surface area contributed by atoms with Crippen LogP contribution in [0.1, 0.15) is 28.7 Å². The number of benzene rings is 1. The average Bonchev–Trinajstić information content (AvgIpc) is 2.82. The van der Waals surface area contributed by atoms with E-state index in [0.29, 0.717) is 24.3 Å². The van der Waals surface area contributed by atoms with E-state index >= 15 is 0 Å². The fourth-order valence-corrected chi connectivity index (χ4v) is 2.24. The highest BCUT2D eigenvalue weighted by atomic mass is 19.1. The number of nitrogens with zero attached hydrogens (tertiary/aromatic N) is 2. The molecule has 118 valence electrons. The van der Waals surface area contributed by atoms with Crippen LogP contribution in [0.4, 0.5) is 4.39 Å². The summed E-state index contributed by atoms with van der Waals surface area (Å²) in [6.45, 7) is 7.76. The van der Waals surface area contributed by atoms with Crippen LogP contribution < -0.4 is 10.6 Å². The molecular formula is C16H21FN4O. The van der Waals surface area contributed by atoms with Gasteiger partial charge in [-0.15, -0.1) is 0 Å². The minimum Gasteiger partial charge on any atom is -0.351 e. The first kappa shape index (κ1) is 16.2. The minimum absolute atomic E-state index is 0.281. The van der Waals surface area contributed by atoms with Crippen molar-refractivity contribution in [1.82, 2.24) is 20.4 Å². The molecule has 2 N–H and O–H groups in total. The first-order chi connectivity index (χ1) is 10.5. The van der Waals surface area contributed by atoms with Crippen molar-refractivity contribution >= 4 is 5.91 Å². The Labute approximate surface area is 129 Å². The average molecular weight is 304 g/mol. The summed E-state index contributed by atoms with van der Waals surface area (Å²) in [7, 11) is 0. The van der Waals surface area contributed by atoms with Crippen molar-refractivity contribution < 1.29 is 9.18 Å². The molecule has 0 aliphatic heterocycles. The number of likely N-dealkylation sites (N-methyl/N-ethyl adjacent to an activating group) is 1. The Balaban J connectivity index is 2.12. The minimum atomic E-state index is -0.467. The topological polar surface area (TPSA) is 58.9 Å². The lowest BCUT2D eigenvalue weighted by Crippen LogP contribution is -2.31. The van der Waals surface area contributed by atoms with Crippen molar-refractivity contribution in [3.8, 4) is 5.69 Å². The van der Waals surface area contributed by atoms with Crippen molar-refractivity contribution in [2.45, 2.75) is 20.8 Å². The van der Waals surface area contributed by atoms with Gasteiger partial charge < -0.3 is 10.6 Å². The molecule has 2 aromatic rings. The molecule has 0 unspecified atom stereocenters. The monoisotopic (exact) mass is 304 g/mol. The third-order valence-corrected chi connectivity index (χ3v) is 3.28. The largest absolute Gasteiger partial charge is 0.351 e. The Morgan fingerprint density at radius 2 is 2.05 bits per heavy atom. The Morgan fingerprint density at radius 1 is 1.27 bits per heavy atom. The maximum Gasteiger partial charge on any atom is 0.251 e. The van der Waals surface area contributed by atoms with Gasteiger partial charge in [0, 0.05) is 24.3 Å². The van der Waals surface area contributed by atoms with Crippen LogP contribution in [0.15, 0.2) is 24.3 Å². The molecular weight excluding hydrogens is 283 g/mol. The SMILES string of the molecule is CCNCCNC(=O)c1ccc(-n2nc(C)cc2C)c(F)c1. The molecule has 1 amide bonds.